The average molecular weight is 322 g/mol. The molecule has 2 N–H and O–H groups in total. The van der Waals surface area contributed by atoms with Crippen molar-refractivity contribution in [2.24, 2.45) is 11.7 Å². The van der Waals surface area contributed by atoms with Crippen LogP contribution in [0.2, 0.25) is 0 Å². The number of amides is 2. The SMILES string of the molecule is N#Cc1ccn(-c2ccccc2)c1C(=O)N1CCC(C(N)=O)CC1. The van der Waals surface area contributed by atoms with E-state index in [4.69, 9.17) is 5.73 Å². The number of primary amides is 1. The highest BCUT2D eigenvalue weighted by atomic mass is 16.2. The van der Waals surface area contributed by atoms with Gasteiger partial charge in [0.05, 0.1) is 5.56 Å². The number of para-hydroxylation sites is 1. The number of hydrogen-bond donors (Lipinski definition) is 1. The Morgan fingerprint density at radius 3 is 2.38 bits per heavy atom. The summed E-state index contributed by atoms with van der Waals surface area (Å²) in [6.45, 7) is 0.939. The summed E-state index contributed by atoms with van der Waals surface area (Å²) in [6, 6.07) is 13.2. The van der Waals surface area contributed by atoms with E-state index in [1.54, 1.807) is 21.7 Å². The van der Waals surface area contributed by atoms with Crippen molar-refractivity contribution in [1.82, 2.24) is 9.47 Å². The molecule has 122 valence electrons. The monoisotopic (exact) mass is 322 g/mol. The Morgan fingerprint density at radius 1 is 1.12 bits per heavy atom. The van der Waals surface area contributed by atoms with Crippen LogP contribution in [0.15, 0.2) is 42.6 Å². The minimum Gasteiger partial charge on any atom is -0.369 e. The predicted molar refractivity (Wildman–Crippen MR) is 88.3 cm³/mol. The maximum absolute atomic E-state index is 12.9. The fraction of sp³-hybridized carbons (Fsp3) is 0.278. The number of benzene rings is 1. The summed E-state index contributed by atoms with van der Waals surface area (Å²) in [4.78, 5) is 25.9. The Kier molecular flexibility index (Phi) is 4.34. The summed E-state index contributed by atoms with van der Waals surface area (Å²) < 4.78 is 1.74. The van der Waals surface area contributed by atoms with Crippen molar-refractivity contribution in [3.05, 3.63) is 53.9 Å². The number of rotatable bonds is 3. The van der Waals surface area contributed by atoms with Crippen molar-refractivity contribution >= 4 is 11.8 Å². The highest BCUT2D eigenvalue weighted by Gasteiger charge is 2.29. The molecule has 0 atom stereocenters. The van der Waals surface area contributed by atoms with Gasteiger partial charge >= 0.3 is 0 Å². The summed E-state index contributed by atoms with van der Waals surface area (Å²) in [7, 11) is 0. The second-order valence-corrected chi connectivity index (χ2v) is 5.86. The molecule has 6 nitrogen and oxygen atoms in total. The maximum atomic E-state index is 12.9. The minimum atomic E-state index is -0.313. The number of aromatic nitrogens is 1. The first-order chi connectivity index (χ1) is 11.6. The molecule has 1 fully saturated rings. The Balaban J connectivity index is 1.89. The van der Waals surface area contributed by atoms with E-state index in [1.807, 2.05) is 30.3 Å². The molecule has 6 heteroatoms. The van der Waals surface area contributed by atoms with Crippen molar-refractivity contribution in [3.8, 4) is 11.8 Å². The third-order valence-electron chi connectivity index (χ3n) is 4.43. The lowest BCUT2D eigenvalue weighted by Crippen LogP contribution is -2.42. The first-order valence-electron chi connectivity index (χ1n) is 7.87. The Morgan fingerprint density at radius 2 is 1.79 bits per heavy atom. The van der Waals surface area contributed by atoms with Crippen LogP contribution >= 0.6 is 0 Å². The van der Waals surface area contributed by atoms with Gasteiger partial charge in [-0.2, -0.15) is 5.26 Å². The second-order valence-electron chi connectivity index (χ2n) is 5.86. The van der Waals surface area contributed by atoms with Crippen LogP contribution in [0, 0.1) is 17.2 Å². The van der Waals surface area contributed by atoms with E-state index < -0.39 is 0 Å². The van der Waals surface area contributed by atoms with Crippen LogP contribution in [0.4, 0.5) is 0 Å². The molecule has 0 aliphatic carbocycles. The molecule has 1 aliphatic heterocycles. The summed E-state index contributed by atoms with van der Waals surface area (Å²) in [6.07, 6.45) is 2.86. The van der Waals surface area contributed by atoms with Crippen molar-refractivity contribution < 1.29 is 9.59 Å². The highest BCUT2D eigenvalue weighted by molar-refractivity contribution is 5.96. The predicted octanol–water partition coefficient (Wildman–Crippen LogP) is 1.69. The van der Waals surface area contributed by atoms with Crippen LogP contribution in [0.3, 0.4) is 0 Å². The molecule has 3 rings (SSSR count). The molecule has 1 aromatic carbocycles. The van der Waals surface area contributed by atoms with Crippen LogP contribution in [0.1, 0.15) is 28.9 Å². The smallest absolute Gasteiger partial charge is 0.272 e. The minimum absolute atomic E-state index is 0.176. The van der Waals surface area contributed by atoms with Gasteiger partial charge in [0, 0.05) is 30.9 Å². The van der Waals surface area contributed by atoms with E-state index in [2.05, 4.69) is 6.07 Å². The van der Waals surface area contributed by atoms with Crippen molar-refractivity contribution in [1.29, 1.82) is 5.26 Å². The van der Waals surface area contributed by atoms with Gasteiger partial charge in [0.25, 0.3) is 5.91 Å². The summed E-state index contributed by atoms with van der Waals surface area (Å²) in [5.41, 5.74) is 6.88. The summed E-state index contributed by atoms with van der Waals surface area (Å²) in [5.74, 6) is -0.679. The van der Waals surface area contributed by atoms with Crippen LogP contribution < -0.4 is 5.73 Å². The van der Waals surface area contributed by atoms with Crippen LogP contribution in [0.5, 0.6) is 0 Å². The number of nitrogens with zero attached hydrogens (tertiary/aromatic N) is 3. The van der Waals surface area contributed by atoms with Gasteiger partial charge in [0.2, 0.25) is 5.91 Å². The van der Waals surface area contributed by atoms with Gasteiger partial charge < -0.3 is 15.2 Å². The van der Waals surface area contributed by atoms with Crippen molar-refractivity contribution in [2.75, 3.05) is 13.1 Å². The second kappa shape index (κ2) is 6.59. The largest absolute Gasteiger partial charge is 0.369 e. The third-order valence-corrected chi connectivity index (χ3v) is 4.43. The van der Waals surface area contributed by atoms with Crippen LogP contribution in [-0.2, 0) is 4.79 Å². The third kappa shape index (κ3) is 2.88. The maximum Gasteiger partial charge on any atom is 0.272 e. The number of nitrogens with two attached hydrogens (primary N) is 1. The van der Waals surface area contributed by atoms with Crippen molar-refractivity contribution in [3.63, 3.8) is 0 Å². The lowest BCUT2D eigenvalue weighted by Gasteiger charge is -2.31. The molecular weight excluding hydrogens is 304 g/mol. The highest BCUT2D eigenvalue weighted by Crippen LogP contribution is 2.22. The van der Waals surface area contributed by atoms with E-state index in [0.717, 1.165) is 5.69 Å². The topological polar surface area (TPSA) is 92.1 Å². The van der Waals surface area contributed by atoms with E-state index in [1.165, 1.54) is 0 Å². The number of carbonyl (C=O) groups is 2. The Labute approximate surface area is 140 Å². The molecule has 1 saturated heterocycles. The average Bonchev–Trinajstić information content (AvgIpc) is 3.06. The van der Waals surface area contributed by atoms with Crippen LogP contribution in [-0.4, -0.2) is 34.4 Å². The lowest BCUT2D eigenvalue weighted by atomic mass is 9.96. The summed E-state index contributed by atoms with van der Waals surface area (Å²) >= 11 is 0. The molecule has 2 heterocycles. The van der Waals surface area contributed by atoms with Crippen LogP contribution in [0.25, 0.3) is 5.69 Å². The van der Waals surface area contributed by atoms with Gasteiger partial charge in [0.1, 0.15) is 11.8 Å². The Hall–Kier alpha value is -3.07. The molecule has 24 heavy (non-hydrogen) atoms. The fourth-order valence-electron chi connectivity index (χ4n) is 3.06. The zero-order valence-electron chi connectivity index (χ0n) is 13.2. The first kappa shape index (κ1) is 15.8. The molecule has 0 saturated carbocycles. The normalized spacial score (nSPS) is 15.0. The lowest BCUT2D eigenvalue weighted by molar-refractivity contribution is -0.123. The standard InChI is InChI=1S/C18H18N4O2/c19-12-14-8-11-22(15-4-2-1-3-5-15)16(14)18(24)21-9-6-13(7-10-21)17(20)23/h1-5,8,11,13H,6-7,9-10H2,(H2,20,23). The first-order valence-corrected chi connectivity index (χ1v) is 7.87. The molecule has 2 aromatic rings. The van der Waals surface area contributed by atoms with Gasteiger partial charge in [-0.15, -0.1) is 0 Å². The molecule has 0 unspecified atom stereocenters. The molecule has 0 radical (unpaired) electrons. The molecule has 1 aromatic heterocycles. The van der Waals surface area contributed by atoms with Crippen molar-refractivity contribution in [2.45, 2.75) is 12.8 Å². The van der Waals surface area contributed by atoms with E-state index >= 15 is 0 Å². The number of carbonyl (C=O) groups excluding carboxylic acids is 2. The number of nitriles is 1. The van der Waals surface area contributed by atoms with Gasteiger partial charge in [0.15, 0.2) is 0 Å². The molecule has 0 bridgehead atoms. The fourth-order valence-corrected chi connectivity index (χ4v) is 3.06. The van der Waals surface area contributed by atoms with Gasteiger partial charge in [-0.25, -0.2) is 0 Å². The molecule has 2 amide bonds. The zero-order valence-corrected chi connectivity index (χ0v) is 13.2. The number of hydrogen-bond acceptors (Lipinski definition) is 3. The molecule has 1 aliphatic rings. The summed E-state index contributed by atoms with van der Waals surface area (Å²) in [5, 5.41) is 9.35. The number of likely N-dealkylation sites (tertiary alicyclic amines) is 1. The van der Waals surface area contributed by atoms with Gasteiger partial charge in [-0.1, -0.05) is 18.2 Å². The molecule has 0 spiro atoms. The van der Waals surface area contributed by atoms with Gasteiger partial charge in [-0.3, -0.25) is 9.59 Å². The Bertz CT molecular complexity index is 796. The van der Waals surface area contributed by atoms with E-state index in [9.17, 15) is 14.9 Å². The van der Waals surface area contributed by atoms with Gasteiger partial charge in [-0.05, 0) is 31.0 Å². The number of piperidine rings is 1. The van der Waals surface area contributed by atoms with E-state index in [0.29, 0.717) is 37.2 Å². The zero-order chi connectivity index (χ0) is 17.1. The molecular formula is C18H18N4O2. The quantitative estimate of drug-likeness (QED) is 0.932. The van der Waals surface area contributed by atoms with E-state index in [-0.39, 0.29) is 17.7 Å².